The molecule has 1 unspecified atom stereocenters. The summed E-state index contributed by atoms with van der Waals surface area (Å²) in [5, 5.41) is 84.1. The van der Waals surface area contributed by atoms with Crippen LogP contribution in [0.1, 0.15) is 6.92 Å². The third-order valence-corrected chi connectivity index (χ3v) is 4.14. The maximum Gasteiger partial charge on any atom is 0.217 e. The molecule has 2 heterocycles. The molecule has 0 spiro atoms. The summed E-state index contributed by atoms with van der Waals surface area (Å²) in [4.78, 5) is 10.7. The number of aliphatic hydroxyl groups is 9. The van der Waals surface area contributed by atoms with Gasteiger partial charge in [-0.2, -0.15) is 0 Å². The third kappa shape index (κ3) is 6.00. The van der Waals surface area contributed by atoms with Crippen LogP contribution in [0.3, 0.4) is 0 Å². The van der Waals surface area contributed by atoms with Gasteiger partial charge >= 0.3 is 0 Å². The first-order valence-corrected chi connectivity index (χ1v) is 8.11. The van der Waals surface area contributed by atoms with E-state index in [4.69, 9.17) is 35.4 Å². The van der Waals surface area contributed by atoms with Crippen LogP contribution in [-0.4, -0.2) is 126 Å². The van der Waals surface area contributed by atoms with Crippen molar-refractivity contribution in [2.45, 2.75) is 68.3 Å². The smallest absolute Gasteiger partial charge is 0.217 e. The number of aliphatic hydroxyl groups excluding tert-OH is 9. The Morgan fingerprint density at radius 2 is 1.19 bits per heavy atom. The minimum Gasteiger partial charge on any atom is -0.394 e. The molecule has 0 radical (unpaired) electrons. The zero-order chi connectivity index (χ0) is 20.9. The van der Waals surface area contributed by atoms with Crippen LogP contribution in [0.4, 0.5) is 0 Å². The molecule has 0 aliphatic carbocycles. The van der Waals surface area contributed by atoms with Gasteiger partial charge in [0.1, 0.15) is 48.8 Å². The lowest BCUT2D eigenvalue weighted by atomic mass is 9.97. The van der Waals surface area contributed by atoms with E-state index in [1.807, 2.05) is 0 Å². The van der Waals surface area contributed by atoms with Crippen molar-refractivity contribution in [3.05, 3.63) is 0 Å². The summed E-state index contributed by atoms with van der Waals surface area (Å²) >= 11 is 0. The van der Waals surface area contributed by atoms with E-state index < -0.39 is 80.5 Å². The molecule has 13 heteroatoms. The highest BCUT2D eigenvalue weighted by atomic mass is 16.6. The maximum atomic E-state index is 10.7. The van der Waals surface area contributed by atoms with Gasteiger partial charge in [-0.3, -0.25) is 4.79 Å². The van der Waals surface area contributed by atoms with Crippen LogP contribution < -0.4 is 5.32 Å². The number of nitrogens with one attached hydrogen (secondary N) is 1. The molecule has 2 fully saturated rings. The van der Waals surface area contributed by atoms with Crippen molar-refractivity contribution in [2.24, 2.45) is 0 Å². The average molecular weight is 401 g/mol. The van der Waals surface area contributed by atoms with Crippen molar-refractivity contribution >= 4 is 5.91 Å². The van der Waals surface area contributed by atoms with Gasteiger partial charge in [-0.05, 0) is 0 Å². The predicted octanol–water partition coefficient (Wildman–Crippen LogP) is -6.30. The van der Waals surface area contributed by atoms with E-state index in [0.717, 1.165) is 0 Å². The van der Waals surface area contributed by atoms with Crippen molar-refractivity contribution in [3.63, 3.8) is 0 Å². The van der Waals surface area contributed by atoms with Crippen LogP contribution in [0.15, 0.2) is 0 Å². The number of hydrogen-bond acceptors (Lipinski definition) is 12. The van der Waals surface area contributed by atoms with Gasteiger partial charge in [0.05, 0.1) is 13.2 Å². The lowest BCUT2D eigenvalue weighted by Gasteiger charge is -2.40. The molecule has 160 valence electrons. The molecule has 0 bridgehead atoms. The van der Waals surface area contributed by atoms with Gasteiger partial charge in [-0.25, -0.2) is 0 Å². The van der Waals surface area contributed by atoms with Crippen LogP contribution in [0.25, 0.3) is 0 Å². The van der Waals surface area contributed by atoms with Gasteiger partial charge in [0.25, 0.3) is 0 Å². The van der Waals surface area contributed by atoms with Crippen LogP contribution in [0, 0.1) is 0 Å². The fourth-order valence-electron chi connectivity index (χ4n) is 2.57. The monoisotopic (exact) mass is 401 g/mol. The van der Waals surface area contributed by atoms with E-state index in [1.54, 1.807) is 0 Å². The van der Waals surface area contributed by atoms with Crippen LogP contribution in [-0.2, 0) is 14.3 Å². The molecule has 2 aliphatic rings. The van der Waals surface area contributed by atoms with Gasteiger partial charge in [0.2, 0.25) is 5.91 Å². The predicted molar refractivity (Wildman–Crippen MR) is 83.6 cm³/mol. The SMILES string of the molecule is CC(=O)N[C@H]1C(O)O[C@H](CO)[C@H](O)[C@@H]1O.OC[C@H]1O[C@@H](O)[C@H](O)[C@@H](O)[C@H]1O. The summed E-state index contributed by atoms with van der Waals surface area (Å²) in [7, 11) is 0. The summed E-state index contributed by atoms with van der Waals surface area (Å²) < 4.78 is 9.39. The molecule has 13 nitrogen and oxygen atoms in total. The molecule has 0 aromatic carbocycles. The zero-order valence-electron chi connectivity index (χ0n) is 14.4. The minimum absolute atomic E-state index is 0.462. The Hall–Kier alpha value is -0.970. The standard InChI is InChI=1S/C8H15NO6.C6H12O6/c1-3(11)9-5-7(13)6(12)4(2-10)15-8(5)14;7-1-2-3(8)4(9)5(10)6(11)12-2/h4-8,10,12-14H,2H2,1H3,(H,9,11);2-11H,1H2/t4-,5-,6+,7-,8?;2-,3+,4+,5-,6-/m11/s1. The summed E-state index contributed by atoms with van der Waals surface area (Å²) in [6, 6.07) is -1.10. The molecule has 0 aromatic rings. The van der Waals surface area contributed by atoms with Crippen molar-refractivity contribution in [2.75, 3.05) is 13.2 Å². The molecule has 1 amide bonds. The minimum atomic E-state index is -1.57. The van der Waals surface area contributed by atoms with Crippen molar-refractivity contribution in [1.82, 2.24) is 5.32 Å². The van der Waals surface area contributed by atoms with Crippen molar-refractivity contribution in [1.29, 1.82) is 0 Å². The molecule has 2 saturated heterocycles. The number of hydrogen-bond donors (Lipinski definition) is 10. The molecule has 10 atom stereocenters. The van der Waals surface area contributed by atoms with Gasteiger partial charge < -0.3 is 60.7 Å². The Kier molecular flexibility index (Phi) is 9.40. The summed E-state index contributed by atoms with van der Waals surface area (Å²) in [6.07, 6.45) is -12.3. The molecule has 0 saturated carbocycles. The first kappa shape index (κ1) is 24.1. The number of carbonyl (C=O) groups excluding carboxylic acids is 1. The van der Waals surface area contributed by atoms with Gasteiger partial charge in [-0.1, -0.05) is 0 Å². The Balaban J connectivity index is 0.000000277. The Morgan fingerprint density at radius 3 is 1.63 bits per heavy atom. The summed E-state index contributed by atoms with van der Waals surface area (Å²) in [5.74, 6) is -0.462. The fourth-order valence-corrected chi connectivity index (χ4v) is 2.57. The molecule has 27 heavy (non-hydrogen) atoms. The summed E-state index contributed by atoms with van der Waals surface area (Å²) in [6.45, 7) is 0.161. The lowest BCUT2D eigenvalue weighted by Crippen LogP contribution is -2.63. The van der Waals surface area contributed by atoms with Gasteiger partial charge in [0, 0.05) is 6.92 Å². The van der Waals surface area contributed by atoms with Gasteiger partial charge in [-0.15, -0.1) is 0 Å². The Morgan fingerprint density at radius 1 is 0.741 bits per heavy atom. The van der Waals surface area contributed by atoms with Crippen molar-refractivity contribution in [3.8, 4) is 0 Å². The zero-order valence-corrected chi connectivity index (χ0v) is 14.4. The number of ether oxygens (including phenoxy) is 2. The fraction of sp³-hybridized carbons (Fsp3) is 0.929. The highest BCUT2D eigenvalue weighted by Gasteiger charge is 2.44. The normalized spacial score (nSPS) is 44.8. The lowest BCUT2D eigenvalue weighted by molar-refractivity contribution is -0.286. The van der Waals surface area contributed by atoms with Gasteiger partial charge in [0.15, 0.2) is 12.6 Å². The first-order valence-electron chi connectivity index (χ1n) is 8.11. The van der Waals surface area contributed by atoms with Crippen LogP contribution in [0.5, 0.6) is 0 Å². The molecule has 2 aliphatic heterocycles. The Bertz CT molecular complexity index is 463. The topological polar surface area (TPSA) is 230 Å². The second-order valence-corrected chi connectivity index (χ2v) is 6.17. The van der Waals surface area contributed by atoms with E-state index in [-0.39, 0.29) is 0 Å². The van der Waals surface area contributed by atoms with E-state index in [9.17, 15) is 20.1 Å². The van der Waals surface area contributed by atoms with Crippen molar-refractivity contribution < 1.29 is 60.2 Å². The molecule has 2 rings (SSSR count). The number of carbonyl (C=O) groups is 1. The quantitative estimate of drug-likeness (QED) is 0.213. The number of rotatable bonds is 3. The van der Waals surface area contributed by atoms with Crippen LogP contribution in [0.2, 0.25) is 0 Å². The van der Waals surface area contributed by atoms with E-state index in [0.29, 0.717) is 0 Å². The number of amides is 1. The second-order valence-electron chi connectivity index (χ2n) is 6.17. The highest BCUT2D eigenvalue weighted by Crippen LogP contribution is 2.20. The van der Waals surface area contributed by atoms with E-state index >= 15 is 0 Å². The molecule has 10 N–H and O–H groups in total. The second kappa shape index (κ2) is 10.5. The van der Waals surface area contributed by atoms with E-state index in [1.165, 1.54) is 6.92 Å². The average Bonchev–Trinajstić information content (AvgIpc) is 2.63. The molecular weight excluding hydrogens is 374 g/mol. The summed E-state index contributed by atoms with van der Waals surface area (Å²) in [5.41, 5.74) is 0. The molecule has 0 aromatic heterocycles. The third-order valence-electron chi connectivity index (χ3n) is 4.14. The molecular formula is C14H27NO12. The van der Waals surface area contributed by atoms with Crippen LogP contribution >= 0.6 is 0 Å². The highest BCUT2D eigenvalue weighted by molar-refractivity contribution is 5.73. The largest absolute Gasteiger partial charge is 0.394 e. The Labute approximate surface area is 154 Å². The maximum absolute atomic E-state index is 10.7. The first-order chi connectivity index (χ1) is 12.5. The van der Waals surface area contributed by atoms with E-state index in [2.05, 4.69) is 10.1 Å².